The van der Waals surface area contributed by atoms with Crippen molar-refractivity contribution in [1.82, 2.24) is 9.88 Å². The highest BCUT2D eigenvalue weighted by molar-refractivity contribution is 5.41. The summed E-state index contributed by atoms with van der Waals surface area (Å²) in [5, 5.41) is 3.57. The summed E-state index contributed by atoms with van der Waals surface area (Å²) in [6, 6.07) is 5.38. The molecule has 1 aliphatic heterocycles. The zero-order valence-electron chi connectivity index (χ0n) is 10.2. The predicted octanol–water partition coefficient (Wildman–Crippen LogP) is 2.37. The summed E-state index contributed by atoms with van der Waals surface area (Å²) in [5.74, 6) is 0. The lowest BCUT2D eigenvalue weighted by Crippen LogP contribution is -2.42. The van der Waals surface area contributed by atoms with Crippen molar-refractivity contribution >= 4 is 5.69 Å². The van der Waals surface area contributed by atoms with Crippen molar-refractivity contribution < 1.29 is 0 Å². The number of hydrogen-bond acceptors (Lipinski definition) is 3. The first-order valence-electron chi connectivity index (χ1n) is 6.16. The third-order valence-corrected chi connectivity index (χ3v) is 3.31. The lowest BCUT2D eigenvalue weighted by molar-refractivity contribution is 0.177. The summed E-state index contributed by atoms with van der Waals surface area (Å²) in [5.41, 5.74) is 1.19. The summed E-state index contributed by atoms with van der Waals surface area (Å²) in [6.07, 6.45) is 6.15. The maximum atomic E-state index is 4.03. The second-order valence-corrected chi connectivity index (χ2v) is 4.78. The molecule has 0 radical (unpaired) electrons. The molecule has 2 rings (SSSR count). The number of piperidine rings is 1. The van der Waals surface area contributed by atoms with Gasteiger partial charge in [-0.3, -0.25) is 4.98 Å². The van der Waals surface area contributed by atoms with Gasteiger partial charge < -0.3 is 10.2 Å². The molecular weight excluding hydrogens is 198 g/mol. The van der Waals surface area contributed by atoms with Crippen molar-refractivity contribution in [2.75, 3.05) is 18.4 Å². The van der Waals surface area contributed by atoms with Gasteiger partial charge in [0.05, 0.1) is 0 Å². The first-order chi connectivity index (χ1) is 7.75. The molecule has 1 fully saturated rings. The molecule has 3 nitrogen and oxygen atoms in total. The van der Waals surface area contributed by atoms with E-state index in [1.54, 1.807) is 0 Å². The molecule has 0 aliphatic carbocycles. The van der Waals surface area contributed by atoms with Crippen LogP contribution < -0.4 is 5.32 Å². The summed E-state index contributed by atoms with van der Waals surface area (Å²) in [6.45, 7) is 6.97. The third kappa shape index (κ3) is 2.95. The van der Waals surface area contributed by atoms with Crippen LogP contribution >= 0.6 is 0 Å². The van der Waals surface area contributed by atoms with Crippen LogP contribution in [0.15, 0.2) is 24.5 Å². The molecule has 1 saturated heterocycles. The zero-order valence-corrected chi connectivity index (χ0v) is 10.2. The van der Waals surface area contributed by atoms with E-state index in [-0.39, 0.29) is 0 Å². The van der Waals surface area contributed by atoms with Gasteiger partial charge in [0.1, 0.15) is 0 Å². The Bertz CT molecular complexity index is 302. The maximum Gasteiger partial charge on any atom is 0.0373 e. The Kier molecular flexibility index (Phi) is 3.78. The summed E-state index contributed by atoms with van der Waals surface area (Å²) in [7, 11) is 0. The van der Waals surface area contributed by atoms with Crippen molar-refractivity contribution in [2.24, 2.45) is 0 Å². The third-order valence-electron chi connectivity index (χ3n) is 3.31. The standard InChI is InChI=1S/C13H21N3/c1-11(2)16-9-5-13(6-10-16)15-12-3-7-14-8-4-12/h3-4,7-8,11,13H,5-6,9-10H2,1-2H3,(H,14,15). The maximum absolute atomic E-state index is 4.03. The molecule has 1 aromatic heterocycles. The zero-order chi connectivity index (χ0) is 11.4. The molecular formula is C13H21N3. The number of anilines is 1. The first kappa shape index (κ1) is 11.4. The van der Waals surface area contributed by atoms with Crippen molar-refractivity contribution in [3.63, 3.8) is 0 Å². The smallest absolute Gasteiger partial charge is 0.0373 e. The second-order valence-electron chi connectivity index (χ2n) is 4.78. The monoisotopic (exact) mass is 219 g/mol. The van der Waals surface area contributed by atoms with Gasteiger partial charge in [0.2, 0.25) is 0 Å². The van der Waals surface area contributed by atoms with E-state index < -0.39 is 0 Å². The van der Waals surface area contributed by atoms with Crippen molar-refractivity contribution in [3.8, 4) is 0 Å². The largest absolute Gasteiger partial charge is 0.382 e. The lowest BCUT2D eigenvalue weighted by Gasteiger charge is -2.35. The number of pyridine rings is 1. The number of likely N-dealkylation sites (tertiary alicyclic amines) is 1. The molecule has 0 atom stereocenters. The van der Waals surface area contributed by atoms with Crippen LogP contribution in [-0.2, 0) is 0 Å². The normalized spacial score (nSPS) is 18.9. The molecule has 3 heteroatoms. The van der Waals surface area contributed by atoms with Gasteiger partial charge in [0.15, 0.2) is 0 Å². The predicted molar refractivity (Wildman–Crippen MR) is 67.6 cm³/mol. The molecule has 0 aromatic carbocycles. The van der Waals surface area contributed by atoms with E-state index >= 15 is 0 Å². The van der Waals surface area contributed by atoms with Gasteiger partial charge >= 0.3 is 0 Å². The van der Waals surface area contributed by atoms with Crippen LogP contribution in [-0.4, -0.2) is 35.1 Å². The Balaban J connectivity index is 1.82. The molecule has 1 aromatic rings. The van der Waals surface area contributed by atoms with Crippen LogP contribution in [0.4, 0.5) is 5.69 Å². The Labute approximate surface area is 97.9 Å². The average molecular weight is 219 g/mol. The summed E-state index contributed by atoms with van der Waals surface area (Å²) in [4.78, 5) is 6.57. The molecule has 88 valence electrons. The Morgan fingerprint density at radius 3 is 2.44 bits per heavy atom. The molecule has 0 amide bonds. The highest BCUT2D eigenvalue weighted by Gasteiger charge is 2.20. The molecule has 2 heterocycles. The van der Waals surface area contributed by atoms with Crippen LogP contribution in [0.2, 0.25) is 0 Å². The molecule has 16 heavy (non-hydrogen) atoms. The van der Waals surface area contributed by atoms with Gasteiger partial charge in [-0.1, -0.05) is 0 Å². The van der Waals surface area contributed by atoms with Gasteiger partial charge in [0, 0.05) is 43.3 Å². The van der Waals surface area contributed by atoms with Gasteiger partial charge in [-0.2, -0.15) is 0 Å². The minimum absolute atomic E-state index is 0.623. The van der Waals surface area contributed by atoms with Gasteiger partial charge in [-0.15, -0.1) is 0 Å². The van der Waals surface area contributed by atoms with E-state index in [2.05, 4.69) is 29.0 Å². The number of nitrogens with one attached hydrogen (secondary N) is 1. The highest BCUT2D eigenvalue weighted by atomic mass is 15.2. The molecule has 0 unspecified atom stereocenters. The van der Waals surface area contributed by atoms with Gasteiger partial charge in [-0.25, -0.2) is 0 Å². The van der Waals surface area contributed by atoms with Crippen LogP contribution in [0.25, 0.3) is 0 Å². The number of hydrogen-bond donors (Lipinski definition) is 1. The second kappa shape index (κ2) is 5.30. The van der Waals surface area contributed by atoms with Crippen LogP contribution in [0.1, 0.15) is 26.7 Å². The Morgan fingerprint density at radius 1 is 1.25 bits per heavy atom. The Hall–Kier alpha value is -1.09. The summed E-state index contributed by atoms with van der Waals surface area (Å²) < 4.78 is 0. The van der Waals surface area contributed by atoms with E-state index in [4.69, 9.17) is 0 Å². The van der Waals surface area contributed by atoms with E-state index in [1.807, 2.05) is 24.5 Å². The first-order valence-corrected chi connectivity index (χ1v) is 6.16. The van der Waals surface area contributed by atoms with Crippen LogP contribution in [0.3, 0.4) is 0 Å². The number of rotatable bonds is 3. The molecule has 1 aliphatic rings. The molecule has 1 N–H and O–H groups in total. The SMILES string of the molecule is CC(C)N1CCC(Nc2ccncc2)CC1. The average Bonchev–Trinajstić information content (AvgIpc) is 2.31. The molecule has 0 spiro atoms. The highest BCUT2D eigenvalue weighted by Crippen LogP contribution is 2.17. The van der Waals surface area contributed by atoms with Crippen molar-refractivity contribution in [2.45, 2.75) is 38.8 Å². The molecule has 0 bridgehead atoms. The quantitative estimate of drug-likeness (QED) is 0.846. The summed E-state index contributed by atoms with van der Waals surface area (Å²) >= 11 is 0. The fourth-order valence-corrected chi connectivity index (χ4v) is 2.24. The lowest BCUT2D eigenvalue weighted by atomic mass is 10.0. The van der Waals surface area contributed by atoms with Crippen LogP contribution in [0, 0.1) is 0 Å². The van der Waals surface area contributed by atoms with Crippen LogP contribution in [0.5, 0.6) is 0 Å². The van der Waals surface area contributed by atoms with E-state index in [0.29, 0.717) is 12.1 Å². The molecule has 0 saturated carbocycles. The van der Waals surface area contributed by atoms with Gasteiger partial charge in [-0.05, 0) is 38.8 Å². The minimum atomic E-state index is 0.623. The fourth-order valence-electron chi connectivity index (χ4n) is 2.24. The van der Waals surface area contributed by atoms with E-state index in [1.165, 1.54) is 31.6 Å². The van der Waals surface area contributed by atoms with E-state index in [0.717, 1.165) is 0 Å². The van der Waals surface area contributed by atoms with Gasteiger partial charge in [0.25, 0.3) is 0 Å². The van der Waals surface area contributed by atoms with Crippen molar-refractivity contribution in [1.29, 1.82) is 0 Å². The number of nitrogens with zero attached hydrogens (tertiary/aromatic N) is 2. The van der Waals surface area contributed by atoms with Crippen molar-refractivity contribution in [3.05, 3.63) is 24.5 Å². The topological polar surface area (TPSA) is 28.2 Å². The fraction of sp³-hybridized carbons (Fsp3) is 0.615. The number of aromatic nitrogens is 1. The van der Waals surface area contributed by atoms with E-state index in [9.17, 15) is 0 Å². The Morgan fingerprint density at radius 2 is 1.88 bits per heavy atom. The minimum Gasteiger partial charge on any atom is -0.382 e.